The summed E-state index contributed by atoms with van der Waals surface area (Å²) in [4.78, 5) is 34.1. The van der Waals surface area contributed by atoms with Crippen molar-refractivity contribution < 1.29 is 19.1 Å². The zero-order valence-electron chi connectivity index (χ0n) is 16.0. The van der Waals surface area contributed by atoms with E-state index in [0.717, 1.165) is 4.88 Å². The number of piperazine rings is 1. The number of thiophene rings is 1. The van der Waals surface area contributed by atoms with Gasteiger partial charge in [0.25, 0.3) is 5.91 Å². The van der Waals surface area contributed by atoms with E-state index < -0.39 is 0 Å². The molecule has 4 rings (SSSR count). The second-order valence-electron chi connectivity index (χ2n) is 6.87. The molecule has 0 aliphatic carbocycles. The number of carbonyl (C=O) groups is 2. The number of phenols is 1. The van der Waals surface area contributed by atoms with E-state index in [0.29, 0.717) is 43.5 Å². The lowest BCUT2D eigenvalue weighted by molar-refractivity contribution is -0.132. The summed E-state index contributed by atoms with van der Waals surface area (Å²) in [6, 6.07) is 10.4. The zero-order valence-corrected chi connectivity index (χ0v) is 16.8. The number of benzene rings is 1. The minimum atomic E-state index is -0.219. The van der Waals surface area contributed by atoms with E-state index in [1.54, 1.807) is 39.3 Å². The SMILES string of the molecule is Cc1oc(-c2cccs2)nc1CC(=O)N1CCN(C(=O)c2ccccc2O)CC1. The Kier molecular flexibility index (Phi) is 5.35. The molecule has 8 heteroatoms. The van der Waals surface area contributed by atoms with Crippen LogP contribution in [0.2, 0.25) is 0 Å². The van der Waals surface area contributed by atoms with Crippen LogP contribution >= 0.6 is 11.3 Å². The van der Waals surface area contributed by atoms with Gasteiger partial charge in [-0.25, -0.2) is 4.98 Å². The predicted octanol–water partition coefficient (Wildman–Crippen LogP) is 2.94. The van der Waals surface area contributed by atoms with E-state index in [-0.39, 0.29) is 29.5 Å². The van der Waals surface area contributed by atoms with E-state index in [1.165, 1.54) is 6.07 Å². The van der Waals surface area contributed by atoms with Gasteiger partial charge in [-0.1, -0.05) is 18.2 Å². The number of carbonyl (C=O) groups excluding carboxylic acids is 2. The summed E-state index contributed by atoms with van der Waals surface area (Å²) in [6.45, 7) is 3.57. The van der Waals surface area contributed by atoms with Crippen molar-refractivity contribution in [2.75, 3.05) is 26.2 Å². The number of hydrogen-bond donors (Lipinski definition) is 1. The Hall–Kier alpha value is -3.13. The van der Waals surface area contributed by atoms with Crippen molar-refractivity contribution in [2.45, 2.75) is 13.3 Å². The van der Waals surface area contributed by atoms with Crippen molar-refractivity contribution in [3.05, 3.63) is 58.8 Å². The summed E-state index contributed by atoms with van der Waals surface area (Å²) < 4.78 is 5.71. The fourth-order valence-corrected chi connectivity index (χ4v) is 3.99. The third-order valence-corrected chi connectivity index (χ3v) is 5.86. The van der Waals surface area contributed by atoms with E-state index >= 15 is 0 Å². The van der Waals surface area contributed by atoms with E-state index in [1.807, 2.05) is 24.4 Å². The van der Waals surface area contributed by atoms with Crippen LogP contribution in [0, 0.1) is 6.92 Å². The number of nitrogens with zero attached hydrogens (tertiary/aromatic N) is 3. The summed E-state index contributed by atoms with van der Waals surface area (Å²) in [6.07, 6.45) is 0.175. The lowest BCUT2D eigenvalue weighted by Gasteiger charge is -2.34. The Morgan fingerprint density at radius 2 is 1.83 bits per heavy atom. The molecule has 0 saturated carbocycles. The number of phenolic OH excluding ortho intramolecular Hbond substituents is 1. The monoisotopic (exact) mass is 411 g/mol. The van der Waals surface area contributed by atoms with Gasteiger partial charge in [0, 0.05) is 26.2 Å². The lowest BCUT2D eigenvalue weighted by Crippen LogP contribution is -2.51. The second kappa shape index (κ2) is 8.08. The zero-order chi connectivity index (χ0) is 20.4. The van der Waals surface area contributed by atoms with Crippen molar-refractivity contribution in [3.63, 3.8) is 0 Å². The molecule has 1 N–H and O–H groups in total. The fourth-order valence-electron chi connectivity index (χ4n) is 3.34. The van der Waals surface area contributed by atoms with Gasteiger partial charge in [0.05, 0.1) is 22.6 Å². The summed E-state index contributed by atoms with van der Waals surface area (Å²) >= 11 is 1.54. The number of amides is 2. The maximum atomic E-state index is 12.7. The van der Waals surface area contributed by atoms with Crippen LogP contribution in [0.4, 0.5) is 0 Å². The smallest absolute Gasteiger partial charge is 0.257 e. The lowest BCUT2D eigenvalue weighted by atomic mass is 10.1. The highest BCUT2D eigenvalue weighted by molar-refractivity contribution is 7.13. The Balaban J connectivity index is 1.36. The molecule has 0 radical (unpaired) electrons. The number of aromatic hydroxyl groups is 1. The third-order valence-electron chi connectivity index (χ3n) is 5.00. The quantitative estimate of drug-likeness (QED) is 0.713. The van der Waals surface area contributed by atoms with Crippen LogP contribution < -0.4 is 0 Å². The predicted molar refractivity (Wildman–Crippen MR) is 109 cm³/mol. The van der Waals surface area contributed by atoms with E-state index in [2.05, 4.69) is 4.98 Å². The molecular formula is C21H21N3O4S. The van der Waals surface area contributed by atoms with E-state index in [9.17, 15) is 14.7 Å². The molecule has 0 atom stereocenters. The molecule has 1 saturated heterocycles. The molecule has 3 heterocycles. The normalized spacial score (nSPS) is 14.2. The Morgan fingerprint density at radius 1 is 1.10 bits per heavy atom. The number of oxazole rings is 1. The first-order valence-corrected chi connectivity index (χ1v) is 10.3. The molecule has 2 amide bonds. The summed E-state index contributed by atoms with van der Waals surface area (Å²) in [5.41, 5.74) is 0.928. The molecule has 3 aromatic rings. The van der Waals surface area contributed by atoms with E-state index in [4.69, 9.17) is 4.42 Å². The van der Waals surface area contributed by atoms with Gasteiger partial charge in [0.2, 0.25) is 11.8 Å². The molecule has 29 heavy (non-hydrogen) atoms. The van der Waals surface area contributed by atoms with Gasteiger partial charge >= 0.3 is 0 Å². The third kappa shape index (κ3) is 4.02. The van der Waals surface area contributed by atoms with Crippen LogP contribution in [0.15, 0.2) is 46.2 Å². The highest BCUT2D eigenvalue weighted by Gasteiger charge is 2.27. The number of aromatic nitrogens is 1. The Labute approximate surface area is 172 Å². The molecule has 1 fully saturated rings. The van der Waals surface area contributed by atoms with Gasteiger partial charge in [-0.3, -0.25) is 9.59 Å². The Morgan fingerprint density at radius 3 is 2.52 bits per heavy atom. The Bertz CT molecular complexity index is 1020. The van der Waals surface area contributed by atoms with Gasteiger partial charge in [0.15, 0.2) is 0 Å². The molecule has 7 nitrogen and oxygen atoms in total. The average molecular weight is 411 g/mol. The molecule has 1 aromatic carbocycles. The first-order chi connectivity index (χ1) is 14.0. The second-order valence-corrected chi connectivity index (χ2v) is 7.81. The molecule has 1 aliphatic heterocycles. The number of rotatable bonds is 4. The van der Waals surface area contributed by atoms with Crippen molar-refractivity contribution >= 4 is 23.2 Å². The van der Waals surface area contributed by atoms with Crippen molar-refractivity contribution in [1.29, 1.82) is 0 Å². The largest absolute Gasteiger partial charge is 0.507 e. The van der Waals surface area contributed by atoms with Crippen LogP contribution in [0.1, 0.15) is 21.8 Å². The molecule has 0 spiro atoms. The summed E-state index contributed by atoms with van der Waals surface area (Å²) in [5, 5.41) is 11.8. The molecule has 2 aromatic heterocycles. The minimum Gasteiger partial charge on any atom is -0.507 e. The summed E-state index contributed by atoms with van der Waals surface area (Å²) in [5.74, 6) is 0.907. The number of para-hydroxylation sites is 1. The first kappa shape index (κ1) is 19.2. The summed E-state index contributed by atoms with van der Waals surface area (Å²) in [7, 11) is 0. The van der Waals surface area contributed by atoms with Gasteiger partial charge < -0.3 is 19.3 Å². The standard InChI is InChI=1S/C21H21N3O4S/c1-14-16(22-20(28-14)18-7-4-12-29-18)13-19(26)23-8-10-24(11-9-23)21(27)15-5-2-3-6-17(15)25/h2-7,12,25H,8-11,13H2,1H3. The molecule has 0 bridgehead atoms. The topological polar surface area (TPSA) is 86.9 Å². The van der Waals surface area contributed by atoms with Crippen LogP contribution in [-0.2, 0) is 11.2 Å². The van der Waals surface area contributed by atoms with Crippen LogP contribution in [0.5, 0.6) is 5.75 Å². The molecule has 1 aliphatic rings. The average Bonchev–Trinajstić information content (AvgIpc) is 3.38. The highest BCUT2D eigenvalue weighted by Crippen LogP contribution is 2.26. The van der Waals surface area contributed by atoms with Crippen molar-refractivity contribution in [1.82, 2.24) is 14.8 Å². The van der Waals surface area contributed by atoms with Crippen LogP contribution in [0.25, 0.3) is 10.8 Å². The van der Waals surface area contributed by atoms with Gasteiger partial charge in [-0.05, 0) is 30.5 Å². The number of aryl methyl sites for hydroxylation is 1. The fraction of sp³-hybridized carbons (Fsp3) is 0.286. The van der Waals surface area contributed by atoms with Crippen molar-refractivity contribution in [3.8, 4) is 16.5 Å². The first-order valence-electron chi connectivity index (χ1n) is 9.38. The van der Waals surface area contributed by atoms with Crippen molar-refractivity contribution in [2.24, 2.45) is 0 Å². The molecular weight excluding hydrogens is 390 g/mol. The van der Waals surface area contributed by atoms with Gasteiger partial charge in [0.1, 0.15) is 11.5 Å². The maximum Gasteiger partial charge on any atom is 0.257 e. The molecule has 0 unspecified atom stereocenters. The van der Waals surface area contributed by atoms with Crippen LogP contribution in [-0.4, -0.2) is 57.9 Å². The minimum absolute atomic E-state index is 0.0286. The maximum absolute atomic E-state index is 12.7. The van der Waals surface area contributed by atoms with Crippen LogP contribution in [0.3, 0.4) is 0 Å². The van der Waals surface area contributed by atoms with Gasteiger partial charge in [-0.2, -0.15) is 0 Å². The highest BCUT2D eigenvalue weighted by atomic mass is 32.1. The molecule has 150 valence electrons. The number of hydrogen-bond acceptors (Lipinski definition) is 6. The van der Waals surface area contributed by atoms with Gasteiger partial charge in [-0.15, -0.1) is 11.3 Å².